The van der Waals surface area contributed by atoms with E-state index in [2.05, 4.69) is 25.0 Å². The fourth-order valence-electron chi connectivity index (χ4n) is 2.54. The van der Waals surface area contributed by atoms with Crippen molar-refractivity contribution in [2.75, 3.05) is 18.0 Å². The molecule has 4 heterocycles. The van der Waals surface area contributed by atoms with Crippen LogP contribution in [0.2, 0.25) is 0 Å². The van der Waals surface area contributed by atoms with Gasteiger partial charge in [0.05, 0.1) is 11.4 Å². The minimum absolute atomic E-state index is 0.289. The molecule has 3 aromatic rings. The second kappa shape index (κ2) is 5.49. The number of pyridine rings is 1. The zero-order valence-electron chi connectivity index (χ0n) is 13.2. The smallest absolute Gasteiger partial charge is 0.215 e. The molecule has 1 fully saturated rings. The van der Waals surface area contributed by atoms with Crippen LogP contribution in [0, 0.1) is 13.8 Å². The van der Waals surface area contributed by atoms with Crippen LogP contribution in [0.1, 0.15) is 23.6 Å². The van der Waals surface area contributed by atoms with Crippen molar-refractivity contribution in [1.29, 1.82) is 0 Å². The molecule has 0 saturated carbocycles. The first-order chi connectivity index (χ1) is 11.2. The van der Waals surface area contributed by atoms with Gasteiger partial charge in [-0.1, -0.05) is 6.07 Å². The second-order valence-electron chi connectivity index (χ2n) is 5.71. The fraction of sp³-hybridized carbons (Fsp3) is 0.375. The van der Waals surface area contributed by atoms with E-state index in [0.29, 0.717) is 11.7 Å². The van der Waals surface area contributed by atoms with E-state index in [1.807, 2.05) is 32.0 Å². The maximum absolute atomic E-state index is 5.76. The summed E-state index contributed by atoms with van der Waals surface area (Å²) in [6.45, 7) is 6.30. The lowest BCUT2D eigenvalue weighted by Gasteiger charge is -2.32. The highest BCUT2D eigenvalue weighted by Crippen LogP contribution is 2.21. The summed E-state index contributed by atoms with van der Waals surface area (Å²) >= 11 is 0. The molecule has 0 spiro atoms. The molecule has 0 unspecified atom stereocenters. The van der Waals surface area contributed by atoms with Crippen LogP contribution >= 0.6 is 0 Å². The monoisotopic (exact) mass is 310 g/mol. The summed E-state index contributed by atoms with van der Waals surface area (Å²) in [6, 6.07) is 5.83. The lowest BCUT2D eigenvalue weighted by atomic mass is 10.2. The van der Waals surface area contributed by atoms with Crippen LogP contribution in [0.3, 0.4) is 0 Å². The van der Waals surface area contributed by atoms with E-state index in [1.54, 1.807) is 10.7 Å². The number of rotatable bonds is 4. The van der Waals surface area contributed by atoms with Gasteiger partial charge in [-0.3, -0.25) is 4.98 Å². The van der Waals surface area contributed by atoms with Crippen LogP contribution < -0.4 is 9.64 Å². The van der Waals surface area contributed by atoms with Crippen molar-refractivity contribution < 1.29 is 4.74 Å². The number of nitrogens with zero attached hydrogens (tertiary/aromatic N) is 6. The molecule has 1 aliphatic rings. The number of hydrogen-bond donors (Lipinski definition) is 0. The number of hydrogen-bond acceptors (Lipinski definition) is 6. The van der Waals surface area contributed by atoms with Crippen LogP contribution in [0.15, 0.2) is 24.4 Å². The predicted octanol–water partition coefficient (Wildman–Crippen LogP) is 1.93. The Bertz CT molecular complexity index is 816. The minimum atomic E-state index is 0.289. The lowest BCUT2D eigenvalue weighted by molar-refractivity contribution is 0.284. The molecule has 4 rings (SSSR count). The Kier molecular flexibility index (Phi) is 3.33. The molecule has 7 heteroatoms. The van der Waals surface area contributed by atoms with Gasteiger partial charge in [0.15, 0.2) is 18.1 Å². The van der Waals surface area contributed by atoms with Crippen molar-refractivity contribution in [3.8, 4) is 5.88 Å². The number of ether oxygens (including phenoxy) is 1. The molecule has 1 aliphatic heterocycles. The topological polar surface area (TPSA) is 68.4 Å². The maximum Gasteiger partial charge on any atom is 0.215 e. The highest BCUT2D eigenvalue weighted by atomic mass is 16.5. The summed E-state index contributed by atoms with van der Waals surface area (Å²) in [4.78, 5) is 15.6. The van der Waals surface area contributed by atoms with E-state index in [4.69, 9.17) is 4.74 Å². The zero-order chi connectivity index (χ0) is 15.8. The number of aryl methyl sites for hydroxylation is 2. The molecule has 0 bridgehead atoms. The van der Waals surface area contributed by atoms with Gasteiger partial charge in [0.2, 0.25) is 5.88 Å². The van der Waals surface area contributed by atoms with Gasteiger partial charge in [0.25, 0.3) is 0 Å². The summed E-state index contributed by atoms with van der Waals surface area (Å²) in [7, 11) is 0. The van der Waals surface area contributed by atoms with Gasteiger partial charge >= 0.3 is 0 Å². The normalized spacial score (nSPS) is 14.1. The van der Waals surface area contributed by atoms with E-state index in [9.17, 15) is 0 Å². The average Bonchev–Trinajstić information content (AvgIpc) is 2.93. The van der Waals surface area contributed by atoms with Gasteiger partial charge in [-0.2, -0.15) is 4.98 Å². The summed E-state index contributed by atoms with van der Waals surface area (Å²) < 4.78 is 7.56. The van der Waals surface area contributed by atoms with Gasteiger partial charge in [0.1, 0.15) is 5.82 Å². The quantitative estimate of drug-likeness (QED) is 0.733. The molecule has 0 amide bonds. The molecule has 0 atom stereocenters. The molecule has 0 aromatic carbocycles. The van der Waals surface area contributed by atoms with Gasteiger partial charge in [-0.15, -0.1) is 5.10 Å². The van der Waals surface area contributed by atoms with E-state index in [0.717, 1.165) is 35.9 Å². The largest absolute Gasteiger partial charge is 0.469 e. The molecule has 3 aromatic heterocycles. The van der Waals surface area contributed by atoms with Crippen LogP contribution in [0.4, 0.5) is 5.82 Å². The molecule has 1 saturated heterocycles. The third kappa shape index (κ3) is 2.58. The standard InChI is InChI=1S/C16H18N6O/c1-11-9-17-12(2)16-18-13(20-22(11)16)10-23-15-6-3-5-14(19-15)21-7-4-8-21/h3,5-6,9H,4,7-8,10H2,1-2H3. The van der Waals surface area contributed by atoms with Gasteiger partial charge in [-0.05, 0) is 26.3 Å². The Labute approximate surface area is 134 Å². The first-order valence-electron chi connectivity index (χ1n) is 7.73. The van der Waals surface area contributed by atoms with Crippen LogP contribution in [0.5, 0.6) is 5.88 Å². The highest BCUT2D eigenvalue weighted by molar-refractivity contribution is 5.43. The molecule has 7 nitrogen and oxygen atoms in total. The third-order valence-electron chi connectivity index (χ3n) is 3.99. The summed E-state index contributed by atoms with van der Waals surface area (Å²) in [5.41, 5.74) is 2.57. The van der Waals surface area contributed by atoms with Gasteiger partial charge in [0, 0.05) is 25.4 Å². The minimum Gasteiger partial charge on any atom is -0.469 e. The Hall–Kier alpha value is -2.70. The highest BCUT2D eigenvalue weighted by Gasteiger charge is 2.16. The van der Waals surface area contributed by atoms with Gasteiger partial charge < -0.3 is 9.64 Å². The fourth-order valence-corrected chi connectivity index (χ4v) is 2.54. The molecular formula is C16H18N6O. The Morgan fingerprint density at radius 2 is 2.04 bits per heavy atom. The first-order valence-corrected chi connectivity index (χ1v) is 7.73. The summed E-state index contributed by atoms with van der Waals surface area (Å²) in [5, 5.41) is 4.48. The van der Waals surface area contributed by atoms with Crippen molar-refractivity contribution >= 4 is 11.5 Å². The van der Waals surface area contributed by atoms with Crippen molar-refractivity contribution in [1.82, 2.24) is 24.6 Å². The lowest BCUT2D eigenvalue weighted by Crippen LogP contribution is -2.37. The van der Waals surface area contributed by atoms with Crippen LogP contribution in [0.25, 0.3) is 5.65 Å². The van der Waals surface area contributed by atoms with Crippen molar-refractivity contribution in [3.05, 3.63) is 41.6 Å². The molecular weight excluding hydrogens is 292 g/mol. The van der Waals surface area contributed by atoms with E-state index < -0.39 is 0 Å². The van der Waals surface area contributed by atoms with E-state index in [1.165, 1.54) is 6.42 Å². The molecule has 0 N–H and O–H groups in total. The Morgan fingerprint density at radius 3 is 2.78 bits per heavy atom. The van der Waals surface area contributed by atoms with Crippen molar-refractivity contribution in [2.45, 2.75) is 26.9 Å². The molecule has 23 heavy (non-hydrogen) atoms. The third-order valence-corrected chi connectivity index (χ3v) is 3.99. The second-order valence-corrected chi connectivity index (χ2v) is 5.71. The van der Waals surface area contributed by atoms with E-state index >= 15 is 0 Å². The van der Waals surface area contributed by atoms with Crippen LogP contribution in [-0.2, 0) is 6.61 Å². The van der Waals surface area contributed by atoms with Gasteiger partial charge in [-0.25, -0.2) is 9.50 Å². The Balaban J connectivity index is 1.53. The number of fused-ring (bicyclic) bond motifs is 1. The Morgan fingerprint density at radius 1 is 1.17 bits per heavy atom. The summed E-state index contributed by atoms with van der Waals surface area (Å²) in [6.07, 6.45) is 3.02. The number of anilines is 1. The van der Waals surface area contributed by atoms with Crippen molar-refractivity contribution in [2.24, 2.45) is 0 Å². The SMILES string of the molecule is Cc1ncc(C)n2nc(COc3cccc(N4CCC4)n3)nc12. The number of aromatic nitrogens is 5. The zero-order valence-corrected chi connectivity index (χ0v) is 13.2. The van der Waals surface area contributed by atoms with Crippen molar-refractivity contribution in [3.63, 3.8) is 0 Å². The summed E-state index contributed by atoms with van der Waals surface area (Å²) in [5.74, 6) is 2.19. The van der Waals surface area contributed by atoms with Crippen LogP contribution in [-0.4, -0.2) is 37.7 Å². The first kappa shape index (κ1) is 13.9. The maximum atomic E-state index is 5.76. The van der Waals surface area contributed by atoms with E-state index in [-0.39, 0.29) is 6.61 Å². The molecule has 0 aliphatic carbocycles. The average molecular weight is 310 g/mol. The molecule has 118 valence electrons. The molecule has 0 radical (unpaired) electrons. The predicted molar refractivity (Wildman–Crippen MR) is 85.7 cm³/mol.